The molecule has 6 aromatic carbocycles. The van der Waals surface area contributed by atoms with Crippen molar-refractivity contribution in [3.63, 3.8) is 0 Å². The van der Waals surface area contributed by atoms with Crippen LogP contribution in [-0.4, -0.2) is 0 Å². The first-order chi connectivity index (χ1) is 19.8. The summed E-state index contributed by atoms with van der Waals surface area (Å²) in [7, 11) is 0. The Morgan fingerprint density at radius 1 is 0.325 bits per heavy atom. The molecule has 0 amide bonds. The Hall–Kier alpha value is -4.68. The maximum Gasteiger partial charge on any atom is 0.0352 e. The van der Waals surface area contributed by atoms with Crippen molar-refractivity contribution in [3.8, 4) is 11.1 Å². The van der Waals surface area contributed by atoms with E-state index in [0.717, 1.165) is 19.3 Å². The summed E-state index contributed by atoms with van der Waals surface area (Å²) in [6.07, 6.45) is 2.86. The van der Waals surface area contributed by atoms with Gasteiger partial charge in [0.25, 0.3) is 0 Å². The van der Waals surface area contributed by atoms with Crippen LogP contribution in [0.15, 0.2) is 152 Å². The molecule has 0 heterocycles. The molecule has 0 aliphatic heterocycles. The van der Waals surface area contributed by atoms with Gasteiger partial charge >= 0.3 is 0 Å². The van der Waals surface area contributed by atoms with E-state index in [-0.39, 0.29) is 5.92 Å². The normalized spacial score (nSPS) is 12.2. The molecule has 0 aromatic heterocycles. The number of hydrogen-bond acceptors (Lipinski definition) is 0. The zero-order valence-corrected chi connectivity index (χ0v) is 22.6. The molecule has 0 heteroatoms. The Balaban J connectivity index is 1.27. The van der Waals surface area contributed by atoms with Crippen LogP contribution < -0.4 is 0 Å². The summed E-state index contributed by atoms with van der Waals surface area (Å²) in [6.45, 7) is 0. The predicted octanol–water partition coefficient (Wildman–Crippen LogP) is 9.62. The van der Waals surface area contributed by atoms with Gasteiger partial charge in [-0.15, -0.1) is 0 Å². The molecule has 0 spiro atoms. The van der Waals surface area contributed by atoms with Gasteiger partial charge in [0.2, 0.25) is 0 Å². The standard InChI is InChI=1S/C40H32/c1-4-10-29(11-5-1)24-32-16-20-35(21-17-32)40-38-27-33(25-30-12-6-2-7-13-30)18-22-36(38)37-23-19-34(28-39(37)40)26-31-14-8-3-9-15-31/h1-23,27-28,40H,24-26H2. The second-order valence-corrected chi connectivity index (χ2v) is 11.0. The van der Waals surface area contributed by atoms with E-state index in [1.54, 1.807) is 0 Å². The van der Waals surface area contributed by atoms with Crippen molar-refractivity contribution in [2.24, 2.45) is 0 Å². The fraction of sp³-hybridized carbons (Fsp3) is 0.100. The van der Waals surface area contributed by atoms with Gasteiger partial charge in [0.1, 0.15) is 0 Å². The van der Waals surface area contributed by atoms with E-state index < -0.39 is 0 Å². The molecule has 0 unspecified atom stereocenters. The van der Waals surface area contributed by atoms with Crippen molar-refractivity contribution in [2.75, 3.05) is 0 Å². The van der Waals surface area contributed by atoms with Crippen LogP contribution in [0, 0.1) is 0 Å². The zero-order chi connectivity index (χ0) is 26.7. The highest BCUT2D eigenvalue weighted by Crippen LogP contribution is 2.49. The van der Waals surface area contributed by atoms with Gasteiger partial charge in [0, 0.05) is 5.92 Å². The molecule has 1 aliphatic rings. The molecule has 0 saturated heterocycles. The van der Waals surface area contributed by atoms with Crippen molar-refractivity contribution < 1.29 is 0 Å². The summed E-state index contributed by atoms with van der Waals surface area (Å²) in [5.74, 6) is 0.238. The van der Waals surface area contributed by atoms with Crippen molar-refractivity contribution >= 4 is 0 Å². The topological polar surface area (TPSA) is 0 Å². The van der Waals surface area contributed by atoms with E-state index in [0.29, 0.717) is 0 Å². The number of fused-ring (bicyclic) bond motifs is 3. The molecule has 0 N–H and O–H groups in total. The predicted molar refractivity (Wildman–Crippen MR) is 167 cm³/mol. The third-order valence-corrected chi connectivity index (χ3v) is 8.21. The lowest BCUT2D eigenvalue weighted by molar-refractivity contribution is 0.996. The summed E-state index contributed by atoms with van der Waals surface area (Å²) in [4.78, 5) is 0. The highest BCUT2D eigenvalue weighted by atomic mass is 14.3. The van der Waals surface area contributed by atoms with E-state index in [2.05, 4.69) is 152 Å². The van der Waals surface area contributed by atoms with Crippen LogP contribution in [0.4, 0.5) is 0 Å². The smallest absolute Gasteiger partial charge is 0.0352 e. The lowest BCUT2D eigenvalue weighted by Crippen LogP contribution is -2.02. The van der Waals surface area contributed by atoms with Crippen molar-refractivity contribution in [2.45, 2.75) is 25.2 Å². The maximum absolute atomic E-state index is 2.46. The van der Waals surface area contributed by atoms with Gasteiger partial charge in [0.05, 0.1) is 0 Å². The minimum absolute atomic E-state index is 0.238. The SMILES string of the molecule is c1ccc(Cc2ccc(C3c4cc(Cc5ccccc5)ccc4-c4ccc(Cc5ccccc5)cc43)cc2)cc1. The Kier molecular flexibility index (Phi) is 6.60. The van der Waals surface area contributed by atoms with Gasteiger partial charge in [-0.05, 0) is 80.5 Å². The monoisotopic (exact) mass is 512 g/mol. The van der Waals surface area contributed by atoms with Crippen LogP contribution in [0.1, 0.15) is 56.0 Å². The largest absolute Gasteiger partial charge is 0.0622 e. The van der Waals surface area contributed by atoms with E-state index in [1.807, 2.05) is 0 Å². The molecule has 6 aromatic rings. The van der Waals surface area contributed by atoms with E-state index in [4.69, 9.17) is 0 Å². The highest BCUT2D eigenvalue weighted by Gasteiger charge is 2.30. The van der Waals surface area contributed by atoms with Gasteiger partial charge in [0.15, 0.2) is 0 Å². The van der Waals surface area contributed by atoms with E-state index >= 15 is 0 Å². The first-order valence-electron chi connectivity index (χ1n) is 14.3. The van der Waals surface area contributed by atoms with E-state index in [1.165, 1.54) is 61.2 Å². The quantitative estimate of drug-likeness (QED) is 0.199. The van der Waals surface area contributed by atoms with Crippen LogP contribution in [-0.2, 0) is 19.3 Å². The highest BCUT2D eigenvalue weighted by molar-refractivity contribution is 5.81. The number of rotatable bonds is 7. The Labute approximate surface area is 237 Å². The fourth-order valence-electron chi connectivity index (χ4n) is 6.26. The summed E-state index contributed by atoms with van der Waals surface area (Å²) < 4.78 is 0. The first-order valence-corrected chi connectivity index (χ1v) is 14.3. The average molecular weight is 513 g/mol. The first kappa shape index (κ1) is 24.4. The average Bonchev–Trinajstić information content (AvgIpc) is 3.32. The molecule has 0 atom stereocenters. The maximum atomic E-state index is 2.46. The third-order valence-electron chi connectivity index (χ3n) is 8.21. The molecule has 0 fully saturated rings. The van der Waals surface area contributed by atoms with Gasteiger partial charge in [-0.25, -0.2) is 0 Å². The summed E-state index contributed by atoms with van der Waals surface area (Å²) in [6, 6.07) is 56.0. The minimum Gasteiger partial charge on any atom is -0.0622 e. The molecule has 1 aliphatic carbocycles. The Bertz CT molecular complexity index is 1640. The van der Waals surface area contributed by atoms with Gasteiger partial charge in [-0.1, -0.05) is 152 Å². The Morgan fingerprint density at radius 2 is 0.675 bits per heavy atom. The summed E-state index contributed by atoms with van der Waals surface area (Å²) >= 11 is 0. The van der Waals surface area contributed by atoms with Gasteiger partial charge in [-0.2, -0.15) is 0 Å². The van der Waals surface area contributed by atoms with Crippen molar-refractivity contribution in [1.29, 1.82) is 0 Å². The number of hydrogen-bond donors (Lipinski definition) is 0. The lowest BCUT2D eigenvalue weighted by atomic mass is 9.86. The molecular weight excluding hydrogens is 480 g/mol. The van der Waals surface area contributed by atoms with Gasteiger partial charge < -0.3 is 0 Å². The second kappa shape index (κ2) is 10.8. The van der Waals surface area contributed by atoms with Crippen LogP contribution in [0.3, 0.4) is 0 Å². The van der Waals surface area contributed by atoms with Gasteiger partial charge in [-0.3, -0.25) is 0 Å². The molecule has 192 valence electrons. The third kappa shape index (κ3) is 5.01. The molecule has 0 nitrogen and oxygen atoms in total. The molecular formula is C40H32. The molecule has 0 radical (unpaired) electrons. The summed E-state index contributed by atoms with van der Waals surface area (Å²) in [5.41, 5.74) is 15.1. The summed E-state index contributed by atoms with van der Waals surface area (Å²) in [5, 5.41) is 0. The minimum atomic E-state index is 0.238. The zero-order valence-electron chi connectivity index (χ0n) is 22.6. The van der Waals surface area contributed by atoms with Crippen molar-refractivity contribution in [1.82, 2.24) is 0 Å². The molecule has 0 saturated carbocycles. The van der Waals surface area contributed by atoms with E-state index in [9.17, 15) is 0 Å². The van der Waals surface area contributed by atoms with Crippen LogP contribution in [0.5, 0.6) is 0 Å². The second-order valence-electron chi connectivity index (χ2n) is 11.0. The van der Waals surface area contributed by atoms with Crippen LogP contribution >= 0.6 is 0 Å². The van der Waals surface area contributed by atoms with Crippen LogP contribution in [0.25, 0.3) is 11.1 Å². The molecule has 7 rings (SSSR count). The number of benzene rings is 6. The molecule has 0 bridgehead atoms. The molecule has 40 heavy (non-hydrogen) atoms. The van der Waals surface area contributed by atoms with Crippen LogP contribution in [0.2, 0.25) is 0 Å². The Morgan fingerprint density at radius 3 is 1.10 bits per heavy atom. The fourth-order valence-corrected chi connectivity index (χ4v) is 6.26. The van der Waals surface area contributed by atoms with Crippen molar-refractivity contribution in [3.05, 3.63) is 202 Å². The lowest BCUT2D eigenvalue weighted by Gasteiger charge is -2.17.